The molecule has 0 aliphatic heterocycles. The molecule has 0 unspecified atom stereocenters. The molecule has 0 saturated carbocycles. The lowest BCUT2D eigenvalue weighted by Gasteiger charge is -2.11. The van der Waals surface area contributed by atoms with Crippen LogP contribution in [0.3, 0.4) is 0 Å². The van der Waals surface area contributed by atoms with Crippen LogP contribution < -0.4 is 4.74 Å². The number of benzene rings is 3. The maximum atomic E-state index is 6.16. The summed E-state index contributed by atoms with van der Waals surface area (Å²) in [6.07, 6.45) is 1.82. The molecule has 2 nitrogen and oxygen atoms in total. The van der Waals surface area contributed by atoms with Crippen LogP contribution in [0.25, 0.3) is 0 Å². The summed E-state index contributed by atoms with van der Waals surface area (Å²) in [5, 5.41) is 0.715. The smallest absolute Gasteiger partial charge is 0.148 e. The van der Waals surface area contributed by atoms with Gasteiger partial charge in [-0.25, -0.2) is 0 Å². The van der Waals surface area contributed by atoms with Crippen molar-refractivity contribution in [2.75, 3.05) is 0 Å². The van der Waals surface area contributed by atoms with Crippen molar-refractivity contribution in [1.29, 1.82) is 0 Å². The zero-order chi connectivity index (χ0) is 19.4. The number of halogens is 3. The van der Waals surface area contributed by atoms with Crippen molar-refractivity contribution in [3.05, 3.63) is 90.8 Å². The number of aryl methyl sites for hydroxylation is 1. The van der Waals surface area contributed by atoms with E-state index in [2.05, 4.69) is 68.0 Å². The third kappa shape index (κ3) is 5.22. The van der Waals surface area contributed by atoms with Gasteiger partial charge in [-0.3, -0.25) is 4.99 Å². The average Bonchev–Trinajstić information content (AvgIpc) is 2.64. The topological polar surface area (TPSA) is 21.6 Å². The predicted octanol–water partition coefficient (Wildman–Crippen LogP) is 7.81. The number of rotatable bonds is 5. The molecule has 3 aromatic rings. The summed E-state index contributed by atoms with van der Waals surface area (Å²) < 4.78 is 7.73. The number of hydrogen-bond donors (Lipinski definition) is 0. The Morgan fingerprint density at radius 2 is 1.67 bits per heavy atom. The minimum atomic E-state index is 0.507. The predicted molar refractivity (Wildman–Crippen MR) is 121 cm³/mol. The van der Waals surface area contributed by atoms with Gasteiger partial charge in [-0.2, -0.15) is 0 Å². The van der Waals surface area contributed by atoms with Gasteiger partial charge < -0.3 is 4.74 Å². The van der Waals surface area contributed by atoms with Crippen molar-refractivity contribution in [1.82, 2.24) is 0 Å². The lowest BCUT2D eigenvalue weighted by Crippen LogP contribution is -1.98. The van der Waals surface area contributed by atoms with Crippen molar-refractivity contribution >= 4 is 55.4 Å². The van der Waals surface area contributed by atoms with Gasteiger partial charge in [-0.05, 0) is 86.7 Å². The summed E-state index contributed by atoms with van der Waals surface area (Å²) in [6.45, 7) is 4.54. The molecule has 0 heterocycles. The zero-order valence-electron chi connectivity index (χ0n) is 15.0. The molecule has 0 saturated heterocycles. The monoisotopic (exact) mass is 505 g/mol. The first-order valence-electron chi connectivity index (χ1n) is 8.40. The van der Waals surface area contributed by atoms with E-state index in [0.717, 1.165) is 37.1 Å². The third-order valence-corrected chi connectivity index (χ3v) is 5.70. The van der Waals surface area contributed by atoms with Crippen LogP contribution in [0.15, 0.2) is 68.5 Å². The molecule has 27 heavy (non-hydrogen) atoms. The number of nitrogens with zero attached hydrogens (tertiary/aromatic N) is 1. The molecule has 3 rings (SSSR count). The Morgan fingerprint density at radius 1 is 1.00 bits per heavy atom. The van der Waals surface area contributed by atoms with E-state index in [1.165, 1.54) is 5.56 Å². The van der Waals surface area contributed by atoms with Crippen molar-refractivity contribution in [2.45, 2.75) is 20.5 Å². The standard InChI is InChI=1S/C22H18Br2ClNO/c1-14-6-8-16(9-7-14)13-27-22-18(23)10-17(11-19(22)24)12-26-21-5-3-4-20(25)15(21)2/h3-12H,13H2,1-2H3. The summed E-state index contributed by atoms with van der Waals surface area (Å²) in [7, 11) is 0. The van der Waals surface area contributed by atoms with Crippen molar-refractivity contribution in [2.24, 2.45) is 4.99 Å². The van der Waals surface area contributed by atoms with Gasteiger partial charge in [-0.15, -0.1) is 0 Å². The first kappa shape index (κ1) is 20.1. The zero-order valence-corrected chi connectivity index (χ0v) is 18.9. The molecular formula is C22H18Br2ClNO. The Balaban J connectivity index is 1.77. The van der Waals surface area contributed by atoms with E-state index < -0.39 is 0 Å². The van der Waals surface area contributed by atoms with Crippen LogP contribution in [0.1, 0.15) is 22.3 Å². The fourth-order valence-electron chi connectivity index (χ4n) is 2.51. The average molecular weight is 508 g/mol. The van der Waals surface area contributed by atoms with Gasteiger partial charge >= 0.3 is 0 Å². The quantitative estimate of drug-likeness (QED) is 0.323. The van der Waals surface area contributed by atoms with Gasteiger partial charge in [0, 0.05) is 11.2 Å². The molecule has 138 valence electrons. The van der Waals surface area contributed by atoms with Crippen LogP contribution in [0.4, 0.5) is 5.69 Å². The van der Waals surface area contributed by atoms with Gasteiger partial charge in [0.05, 0.1) is 14.6 Å². The van der Waals surface area contributed by atoms with E-state index in [9.17, 15) is 0 Å². The molecule has 0 radical (unpaired) electrons. The van der Waals surface area contributed by atoms with Crippen LogP contribution in [0, 0.1) is 13.8 Å². The second kappa shape index (κ2) is 9.05. The second-order valence-electron chi connectivity index (χ2n) is 6.23. The molecule has 0 aromatic heterocycles. The summed E-state index contributed by atoms with van der Waals surface area (Å²) in [4.78, 5) is 4.56. The normalized spacial score (nSPS) is 11.1. The van der Waals surface area contributed by atoms with E-state index >= 15 is 0 Å². The van der Waals surface area contributed by atoms with Crippen LogP contribution in [0.2, 0.25) is 5.02 Å². The first-order chi connectivity index (χ1) is 12.9. The van der Waals surface area contributed by atoms with E-state index in [0.29, 0.717) is 11.6 Å². The van der Waals surface area contributed by atoms with Gasteiger partial charge in [0.15, 0.2) is 0 Å². The van der Waals surface area contributed by atoms with Gasteiger partial charge in [0.1, 0.15) is 12.4 Å². The third-order valence-electron chi connectivity index (χ3n) is 4.12. The molecule has 0 aliphatic carbocycles. The second-order valence-corrected chi connectivity index (χ2v) is 8.35. The highest BCUT2D eigenvalue weighted by molar-refractivity contribution is 9.11. The highest BCUT2D eigenvalue weighted by Crippen LogP contribution is 2.35. The van der Waals surface area contributed by atoms with Crippen LogP contribution >= 0.6 is 43.5 Å². The lowest BCUT2D eigenvalue weighted by atomic mass is 10.2. The highest BCUT2D eigenvalue weighted by atomic mass is 79.9. The van der Waals surface area contributed by atoms with Gasteiger partial charge in [0.25, 0.3) is 0 Å². The fourth-order valence-corrected chi connectivity index (χ4v) is 4.13. The summed E-state index contributed by atoms with van der Waals surface area (Å²) in [6, 6.07) is 18.0. The van der Waals surface area contributed by atoms with Crippen LogP contribution in [-0.2, 0) is 6.61 Å². The number of ether oxygens (including phenoxy) is 1. The summed E-state index contributed by atoms with van der Waals surface area (Å²) in [5.41, 5.74) is 5.14. The molecule has 0 N–H and O–H groups in total. The highest BCUT2D eigenvalue weighted by Gasteiger charge is 2.09. The Labute approximate surface area is 181 Å². The molecule has 0 aliphatic rings. The Morgan fingerprint density at radius 3 is 2.33 bits per heavy atom. The summed E-state index contributed by atoms with van der Waals surface area (Å²) in [5.74, 6) is 0.770. The minimum Gasteiger partial charge on any atom is -0.487 e. The Hall–Kier alpha value is -1.62. The maximum Gasteiger partial charge on any atom is 0.148 e. The van der Waals surface area contributed by atoms with E-state index in [-0.39, 0.29) is 0 Å². The molecular weight excluding hydrogens is 490 g/mol. The molecule has 0 spiro atoms. The first-order valence-corrected chi connectivity index (χ1v) is 10.4. The van der Waals surface area contributed by atoms with E-state index in [1.807, 2.05) is 43.5 Å². The minimum absolute atomic E-state index is 0.507. The lowest BCUT2D eigenvalue weighted by molar-refractivity contribution is 0.302. The molecule has 3 aromatic carbocycles. The fraction of sp³-hybridized carbons (Fsp3) is 0.136. The SMILES string of the molecule is Cc1ccc(COc2c(Br)cc(C=Nc3cccc(Cl)c3C)cc2Br)cc1. The van der Waals surface area contributed by atoms with Gasteiger partial charge in [0.2, 0.25) is 0 Å². The van der Waals surface area contributed by atoms with E-state index in [4.69, 9.17) is 16.3 Å². The van der Waals surface area contributed by atoms with Crippen molar-refractivity contribution < 1.29 is 4.74 Å². The Bertz CT molecular complexity index is 961. The van der Waals surface area contributed by atoms with Crippen molar-refractivity contribution in [3.63, 3.8) is 0 Å². The molecule has 0 bridgehead atoms. The summed E-state index contributed by atoms with van der Waals surface area (Å²) >= 11 is 13.4. The van der Waals surface area contributed by atoms with Gasteiger partial charge in [-0.1, -0.05) is 47.5 Å². The molecule has 0 amide bonds. The van der Waals surface area contributed by atoms with Crippen LogP contribution in [-0.4, -0.2) is 6.21 Å². The molecule has 0 atom stereocenters. The molecule has 5 heteroatoms. The van der Waals surface area contributed by atoms with Crippen LogP contribution in [0.5, 0.6) is 5.75 Å². The van der Waals surface area contributed by atoms with Crippen molar-refractivity contribution in [3.8, 4) is 5.75 Å². The number of aliphatic imine (C=N–C) groups is 1. The largest absolute Gasteiger partial charge is 0.487 e. The maximum absolute atomic E-state index is 6.16. The Kier molecular flexibility index (Phi) is 6.74. The number of hydrogen-bond acceptors (Lipinski definition) is 2. The molecule has 0 fully saturated rings. The van der Waals surface area contributed by atoms with E-state index in [1.54, 1.807) is 0 Å².